The van der Waals surface area contributed by atoms with E-state index < -0.39 is 10.0 Å². The average molecular weight is 231 g/mol. The fourth-order valence-electron chi connectivity index (χ4n) is 1.07. The van der Waals surface area contributed by atoms with Crippen LogP contribution in [0.25, 0.3) is 0 Å². The minimum absolute atomic E-state index is 0.0804. The molecule has 1 rings (SSSR count). The van der Waals surface area contributed by atoms with E-state index in [1.807, 2.05) is 0 Å². The van der Waals surface area contributed by atoms with Crippen molar-refractivity contribution in [3.63, 3.8) is 0 Å². The number of ether oxygens (including phenoxy) is 1. The first-order chi connectivity index (χ1) is 7.04. The zero-order valence-corrected chi connectivity index (χ0v) is 9.61. The van der Waals surface area contributed by atoms with E-state index in [1.54, 1.807) is 18.2 Å². The molecule has 0 fully saturated rings. The molecular formula is C9H13NO4S. The van der Waals surface area contributed by atoms with Crippen molar-refractivity contribution in [3.05, 3.63) is 24.3 Å². The Morgan fingerprint density at radius 2 is 1.80 bits per heavy atom. The van der Waals surface area contributed by atoms with Gasteiger partial charge in [-0.15, -0.1) is 0 Å². The van der Waals surface area contributed by atoms with Crippen LogP contribution in [0.15, 0.2) is 29.2 Å². The Balaban J connectivity index is 3.27. The van der Waals surface area contributed by atoms with Gasteiger partial charge in [0.2, 0.25) is 0 Å². The summed E-state index contributed by atoms with van der Waals surface area (Å²) in [5, 5.41) is 0. The largest absolute Gasteiger partial charge is 0.495 e. The van der Waals surface area contributed by atoms with Crippen LogP contribution in [0.3, 0.4) is 0 Å². The highest BCUT2D eigenvalue weighted by atomic mass is 32.2. The van der Waals surface area contributed by atoms with Crippen molar-refractivity contribution in [2.24, 2.45) is 0 Å². The Labute approximate surface area is 89.2 Å². The van der Waals surface area contributed by atoms with E-state index in [1.165, 1.54) is 27.3 Å². The molecule has 0 unspecified atom stereocenters. The van der Waals surface area contributed by atoms with Crippen LogP contribution in [0.5, 0.6) is 5.75 Å². The minimum atomic E-state index is -3.65. The van der Waals surface area contributed by atoms with Crippen molar-refractivity contribution in [2.45, 2.75) is 4.90 Å². The van der Waals surface area contributed by atoms with Gasteiger partial charge in [-0.05, 0) is 12.1 Å². The van der Waals surface area contributed by atoms with Crippen molar-refractivity contribution in [1.29, 1.82) is 0 Å². The lowest BCUT2D eigenvalue weighted by Crippen LogP contribution is -2.26. The second-order valence-electron chi connectivity index (χ2n) is 2.75. The van der Waals surface area contributed by atoms with Gasteiger partial charge in [0, 0.05) is 7.05 Å². The molecule has 6 heteroatoms. The lowest BCUT2D eigenvalue weighted by molar-refractivity contribution is -0.0259. The fraction of sp³-hybridized carbons (Fsp3) is 0.333. The Hall–Kier alpha value is -1.11. The van der Waals surface area contributed by atoms with Crippen molar-refractivity contribution >= 4 is 10.0 Å². The van der Waals surface area contributed by atoms with Gasteiger partial charge < -0.3 is 4.74 Å². The molecule has 0 N–H and O–H groups in total. The van der Waals surface area contributed by atoms with E-state index in [0.29, 0.717) is 5.75 Å². The first-order valence-corrected chi connectivity index (χ1v) is 5.64. The normalized spacial score (nSPS) is 11.7. The average Bonchev–Trinajstić information content (AvgIpc) is 2.27. The zero-order valence-electron chi connectivity index (χ0n) is 8.80. The smallest absolute Gasteiger partial charge is 0.268 e. The molecule has 15 heavy (non-hydrogen) atoms. The summed E-state index contributed by atoms with van der Waals surface area (Å²) >= 11 is 0. The second-order valence-corrected chi connectivity index (χ2v) is 4.65. The summed E-state index contributed by atoms with van der Waals surface area (Å²) in [6.07, 6.45) is 0. The summed E-state index contributed by atoms with van der Waals surface area (Å²) < 4.78 is 29.5. The van der Waals surface area contributed by atoms with Crippen molar-refractivity contribution in [1.82, 2.24) is 4.47 Å². The standard InChI is InChI=1S/C9H13NO4S/c1-10(14-3)15(11,12)9-7-5-4-6-8(9)13-2/h4-7H,1-3H3. The van der Waals surface area contributed by atoms with Gasteiger partial charge in [-0.1, -0.05) is 16.6 Å². The maximum absolute atomic E-state index is 11.9. The maximum atomic E-state index is 11.9. The molecule has 0 amide bonds. The van der Waals surface area contributed by atoms with Crippen LogP contribution in [-0.4, -0.2) is 34.2 Å². The van der Waals surface area contributed by atoms with E-state index in [-0.39, 0.29) is 4.90 Å². The molecule has 0 heterocycles. The number of nitrogens with zero attached hydrogens (tertiary/aromatic N) is 1. The molecule has 1 aromatic rings. The number of methoxy groups -OCH3 is 1. The molecule has 0 aliphatic carbocycles. The molecule has 0 aliphatic heterocycles. The number of hydrogen-bond donors (Lipinski definition) is 0. The van der Waals surface area contributed by atoms with Crippen molar-refractivity contribution in [2.75, 3.05) is 21.3 Å². The minimum Gasteiger partial charge on any atom is -0.495 e. The van der Waals surface area contributed by atoms with Crippen LogP contribution >= 0.6 is 0 Å². The highest BCUT2D eigenvalue weighted by Crippen LogP contribution is 2.25. The first-order valence-electron chi connectivity index (χ1n) is 4.20. The number of rotatable bonds is 4. The molecular weight excluding hydrogens is 218 g/mol. The molecule has 0 aliphatic rings. The lowest BCUT2D eigenvalue weighted by Gasteiger charge is -2.15. The third-order valence-electron chi connectivity index (χ3n) is 1.94. The number of sulfonamides is 1. The molecule has 1 aromatic carbocycles. The zero-order chi connectivity index (χ0) is 11.5. The Bertz CT molecular complexity index is 429. The second kappa shape index (κ2) is 4.61. The fourth-order valence-corrected chi connectivity index (χ4v) is 2.20. The number of hydrogen-bond acceptors (Lipinski definition) is 4. The summed E-state index contributed by atoms with van der Waals surface area (Å²) in [5.41, 5.74) is 0. The van der Waals surface area contributed by atoms with Crippen LogP contribution in [0.2, 0.25) is 0 Å². The highest BCUT2D eigenvalue weighted by Gasteiger charge is 2.24. The van der Waals surface area contributed by atoms with Gasteiger partial charge in [-0.2, -0.15) is 0 Å². The van der Waals surface area contributed by atoms with E-state index in [4.69, 9.17) is 4.74 Å². The van der Waals surface area contributed by atoms with E-state index in [9.17, 15) is 8.42 Å². The van der Waals surface area contributed by atoms with Gasteiger partial charge in [0.25, 0.3) is 10.0 Å². The number of hydroxylamine groups is 1. The van der Waals surface area contributed by atoms with Crippen LogP contribution in [-0.2, 0) is 14.9 Å². The monoisotopic (exact) mass is 231 g/mol. The van der Waals surface area contributed by atoms with Crippen molar-refractivity contribution < 1.29 is 18.0 Å². The topological polar surface area (TPSA) is 55.8 Å². The van der Waals surface area contributed by atoms with Gasteiger partial charge in [-0.25, -0.2) is 8.42 Å². The van der Waals surface area contributed by atoms with Crippen molar-refractivity contribution in [3.8, 4) is 5.75 Å². The summed E-state index contributed by atoms with van der Waals surface area (Å²) in [4.78, 5) is 4.74. The molecule has 0 saturated heterocycles. The van der Waals surface area contributed by atoms with E-state index in [2.05, 4.69) is 4.84 Å². The van der Waals surface area contributed by atoms with Gasteiger partial charge in [-0.3, -0.25) is 4.84 Å². The van der Waals surface area contributed by atoms with Gasteiger partial charge in [0.1, 0.15) is 10.6 Å². The summed E-state index contributed by atoms with van der Waals surface area (Å²) in [5.74, 6) is 0.293. The molecule has 0 radical (unpaired) electrons. The quantitative estimate of drug-likeness (QED) is 0.722. The third kappa shape index (κ3) is 2.28. The highest BCUT2D eigenvalue weighted by molar-refractivity contribution is 7.89. The predicted octanol–water partition coefficient (Wildman–Crippen LogP) is 0.877. The number of para-hydroxylation sites is 1. The molecule has 0 spiro atoms. The summed E-state index contributed by atoms with van der Waals surface area (Å²) in [6, 6.07) is 6.36. The first kappa shape index (κ1) is 12.0. The van der Waals surface area contributed by atoms with Crippen LogP contribution < -0.4 is 4.74 Å². The third-order valence-corrected chi connectivity index (χ3v) is 3.66. The maximum Gasteiger partial charge on any atom is 0.268 e. The SMILES string of the molecule is COc1ccccc1S(=O)(=O)N(C)OC. The lowest BCUT2D eigenvalue weighted by atomic mass is 10.3. The molecule has 0 aromatic heterocycles. The van der Waals surface area contributed by atoms with Crippen LogP contribution in [0.1, 0.15) is 0 Å². The van der Waals surface area contributed by atoms with Crippen LogP contribution in [0, 0.1) is 0 Å². The Kier molecular flexibility index (Phi) is 3.67. The number of benzene rings is 1. The Morgan fingerprint density at radius 1 is 1.20 bits per heavy atom. The van der Waals surface area contributed by atoms with E-state index >= 15 is 0 Å². The van der Waals surface area contributed by atoms with Gasteiger partial charge >= 0.3 is 0 Å². The predicted molar refractivity (Wildman–Crippen MR) is 55.0 cm³/mol. The Morgan fingerprint density at radius 3 is 2.33 bits per heavy atom. The van der Waals surface area contributed by atoms with Gasteiger partial charge in [0.05, 0.1) is 14.2 Å². The van der Waals surface area contributed by atoms with Crippen LogP contribution in [0.4, 0.5) is 0 Å². The molecule has 0 atom stereocenters. The molecule has 0 saturated carbocycles. The molecule has 0 bridgehead atoms. The van der Waals surface area contributed by atoms with Gasteiger partial charge in [0.15, 0.2) is 0 Å². The summed E-state index contributed by atoms with van der Waals surface area (Å²) in [7, 11) is 0.378. The molecule has 84 valence electrons. The van der Waals surface area contributed by atoms with E-state index in [0.717, 1.165) is 4.47 Å². The summed E-state index contributed by atoms with van der Waals surface area (Å²) in [6.45, 7) is 0. The molecule has 5 nitrogen and oxygen atoms in total.